The van der Waals surface area contributed by atoms with E-state index in [0.717, 1.165) is 10.7 Å². The predicted octanol–water partition coefficient (Wildman–Crippen LogP) is 2.21. The summed E-state index contributed by atoms with van der Waals surface area (Å²) in [5, 5.41) is 2.67. The van der Waals surface area contributed by atoms with Gasteiger partial charge in [0.1, 0.15) is 5.01 Å². The van der Waals surface area contributed by atoms with E-state index in [1.807, 2.05) is 12.3 Å². The van der Waals surface area contributed by atoms with Crippen LogP contribution in [0, 0.1) is 6.92 Å². The number of aromatic nitrogens is 1. The number of nitrogens with one attached hydrogen (secondary N) is 1. The summed E-state index contributed by atoms with van der Waals surface area (Å²) >= 11 is 1.45. The fraction of sp³-hybridized carbons (Fsp3) is 0.308. The highest BCUT2D eigenvalue weighted by Gasteiger charge is 2.18. The van der Waals surface area contributed by atoms with Gasteiger partial charge in [-0.25, -0.2) is 18.1 Å². The number of anilines is 1. The fourth-order valence-corrected chi connectivity index (χ4v) is 4.01. The smallest absolute Gasteiger partial charge is 0.216 e. The van der Waals surface area contributed by atoms with Crippen molar-refractivity contribution in [3.63, 3.8) is 0 Å². The third kappa shape index (κ3) is 4.03. The van der Waals surface area contributed by atoms with E-state index in [9.17, 15) is 8.42 Å². The molecule has 0 saturated carbocycles. The molecule has 0 amide bonds. The number of rotatable bonds is 5. The molecule has 0 aliphatic carbocycles. The minimum Gasteiger partial charge on any atom is -0.399 e. The van der Waals surface area contributed by atoms with Gasteiger partial charge in [-0.15, -0.1) is 11.3 Å². The van der Waals surface area contributed by atoms with Crippen molar-refractivity contribution in [1.29, 1.82) is 0 Å². The Kier molecular flexibility index (Phi) is 4.42. The van der Waals surface area contributed by atoms with Gasteiger partial charge in [0.2, 0.25) is 10.0 Å². The second-order valence-electron chi connectivity index (χ2n) is 4.67. The molecule has 0 aliphatic heterocycles. The zero-order valence-electron chi connectivity index (χ0n) is 11.3. The lowest BCUT2D eigenvalue weighted by Crippen LogP contribution is -2.28. The first kappa shape index (κ1) is 15.0. The van der Waals surface area contributed by atoms with Gasteiger partial charge in [0, 0.05) is 16.8 Å². The maximum Gasteiger partial charge on any atom is 0.216 e. The van der Waals surface area contributed by atoms with E-state index in [1.165, 1.54) is 11.3 Å². The first-order valence-corrected chi connectivity index (χ1v) is 8.65. The zero-order valence-corrected chi connectivity index (χ0v) is 13.0. The summed E-state index contributed by atoms with van der Waals surface area (Å²) in [6, 6.07) is 6.49. The summed E-state index contributed by atoms with van der Waals surface area (Å²) in [4.78, 5) is 4.29. The number of sulfonamides is 1. The number of thiazole rings is 1. The van der Waals surface area contributed by atoms with E-state index >= 15 is 0 Å². The zero-order chi connectivity index (χ0) is 14.8. The number of nitrogen functional groups attached to an aromatic ring is 1. The highest BCUT2D eigenvalue weighted by atomic mass is 32.2. The minimum absolute atomic E-state index is 0.0675. The van der Waals surface area contributed by atoms with Crippen molar-refractivity contribution in [2.75, 3.05) is 5.73 Å². The van der Waals surface area contributed by atoms with Crippen LogP contribution in [-0.2, 0) is 15.8 Å². The third-order valence-electron chi connectivity index (χ3n) is 2.70. The van der Waals surface area contributed by atoms with Crippen molar-refractivity contribution in [1.82, 2.24) is 9.71 Å². The summed E-state index contributed by atoms with van der Waals surface area (Å²) in [5.74, 6) is -0.0675. The van der Waals surface area contributed by atoms with Gasteiger partial charge >= 0.3 is 0 Å². The topological polar surface area (TPSA) is 85.1 Å². The van der Waals surface area contributed by atoms with Crippen LogP contribution in [-0.4, -0.2) is 13.4 Å². The summed E-state index contributed by atoms with van der Waals surface area (Å²) in [6.45, 7) is 3.67. The molecule has 0 saturated heterocycles. The van der Waals surface area contributed by atoms with Gasteiger partial charge in [-0.1, -0.05) is 12.1 Å². The molecular formula is C13H17N3O2S2. The van der Waals surface area contributed by atoms with Crippen LogP contribution < -0.4 is 10.5 Å². The lowest BCUT2D eigenvalue weighted by atomic mass is 10.2. The molecule has 0 aliphatic rings. The maximum absolute atomic E-state index is 12.1. The van der Waals surface area contributed by atoms with Crippen molar-refractivity contribution in [2.24, 2.45) is 0 Å². The van der Waals surface area contributed by atoms with Gasteiger partial charge in [0.25, 0.3) is 0 Å². The van der Waals surface area contributed by atoms with Crippen molar-refractivity contribution in [2.45, 2.75) is 25.6 Å². The van der Waals surface area contributed by atoms with Gasteiger partial charge in [-0.2, -0.15) is 0 Å². The highest BCUT2D eigenvalue weighted by Crippen LogP contribution is 2.19. The monoisotopic (exact) mass is 311 g/mol. The molecule has 2 aromatic rings. The Bertz CT molecular complexity index is 678. The highest BCUT2D eigenvalue weighted by molar-refractivity contribution is 7.88. The van der Waals surface area contributed by atoms with Gasteiger partial charge in [0.05, 0.1) is 11.8 Å². The second-order valence-corrected chi connectivity index (χ2v) is 7.31. The van der Waals surface area contributed by atoms with Crippen LogP contribution >= 0.6 is 11.3 Å². The molecule has 7 heteroatoms. The number of hydrogen-bond acceptors (Lipinski definition) is 5. The van der Waals surface area contributed by atoms with E-state index in [4.69, 9.17) is 5.73 Å². The number of aryl methyl sites for hydroxylation is 1. The van der Waals surface area contributed by atoms with Gasteiger partial charge < -0.3 is 5.73 Å². The van der Waals surface area contributed by atoms with Crippen molar-refractivity contribution >= 4 is 27.0 Å². The van der Waals surface area contributed by atoms with Crippen LogP contribution in [0.3, 0.4) is 0 Å². The first-order valence-electron chi connectivity index (χ1n) is 6.12. The van der Waals surface area contributed by atoms with Crippen molar-refractivity contribution in [3.05, 3.63) is 45.9 Å². The molecule has 0 spiro atoms. The Labute approximate surface area is 122 Å². The van der Waals surface area contributed by atoms with Crippen LogP contribution in [0.15, 0.2) is 29.6 Å². The Balaban J connectivity index is 2.05. The molecule has 108 valence electrons. The number of nitrogens with two attached hydrogens (primary N) is 1. The van der Waals surface area contributed by atoms with Gasteiger partial charge in [0.15, 0.2) is 0 Å². The molecule has 1 aromatic carbocycles. The van der Waals surface area contributed by atoms with E-state index in [2.05, 4.69) is 9.71 Å². The van der Waals surface area contributed by atoms with Gasteiger partial charge in [-0.3, -0.25) is 0 Å². The molecule has 0 radical (unpaired) electrons. The van der Waals surface area contributed by atoms with Crippen molar-refractivity contribution < 1.29 is 8.42 Å². The quantitative estimate of drug-likeness (QED) is 0.829. The Morgan fingerprint density at radius 2 is 2.00 bits per heavy atom. The average molecular weight is 311 g/mol. The molecule has 20 heavy (non-hydrogen) atoms. The van der Waals surface area contributed by atoms with E-state index in [-0.39, 0.29) is 11.8 Å². The molecule has 5 nitrogen and oxygen atoms in total. The Morgan fingerprint density at radius 3 is 2.55 bits per heavy atom. The van der Waals surface area contributed by atoms with Crippen molar-refractivity contribution in [3.8, 4) is 0 Å². The van der Waals surface area contributed by atoms with Crippen LogP contribution in [0.25, 0.3) is 0 Å². The molecule has 0 fully saturated rings. The molecule has 1 unspecified atom stereocenters. The number of benzene rings is 1. The Hall–Kier alpha value is -1.44. The van der Waals surface area contributed by atoms with E-state index in [1.54, 1.807) is 31.2 Å². The van der Waals surface area contributed by atoms with Crippen LogP contribution in [0.2, 0.25) is 0 Å². The lowest BCUT2D eigenvalue weighted by Gasteiger charge is -2.12. The number of hydrogen-bond donors (Lipinski definition) is 2. The summed E-state index contributed by atoms with van der Waals surface area (Å²) in [5.41, 5.74) is 7.79. The standard InChI is InChI=1S/C13H17N3O2S2/c1-9-7-19-13(15-9)10(2)16-20(17,18)8-11-3-5-12(14)6-4-11/h3-7,10,16H,8,14H2,1-2H3. The number of nitrogens with zero attached hydrogens (tertiary/aromatic N) is 1. The van der Waals surface area contributed by atoms with Crippen LogP contribution in [0.4, 0.5) is 5.69 Å². The van der Waals surface area contributed by atoms with E-state index < -0.39 is 10.0 Å². The normalized spacial score (nSPS) is 13.3. The molecule has 2 rings (SSSR count). The molecule has 1 atom stereocenters. The summed E-state index contributed by atoms with van der Waals surface area (Å²) < 4.78 is 26.9. The first-order chi connectivity index (χ1) is 9.35. The summed E-state index contributed by atoms with van der Waals surface area (Å²) in [6.07, 6.45) is 0. The Morgan fingerprint density at radius 1 is 1.35 bits per heavy atom. The second kappa shape index (κ2) is 5.90. The molecular weight excluding hydrogens is 294 g/mol. The maximum atomic E-state index is 12.1. The third-order valence-corrected chi connectivity index (χ3v) is 5.27. The van der Waals surface area contributed by atoms with E-state index in [0.29, 0.717) is 11.3 Å². The molecule has 0 bridgehead atoms. The fourth-order valence-electron chi connectivity index (χ4n) is 1.77. The van der Waals surface area contributed by atoms with Crippen LogP contribution in [0.5, 0.6) is 0 Å². The minimum atomic E-state index is -3.41. The SMILES string of the molecule is Cc1csc(C(C)NS(=O)(=O)Cc2ccc(N)cc2)n1. The average Bonchev–Trinajstić information content (AvgIpc) is 2.78. The lowest BCUT2D eigenvalue weighted by molar-refractivity contribution is 0.565. The molecule has 3 N–H and O–H groups in total. The predicted molar refractivity (Wildman–Crippen MR) is 81.9 cm³/mol. The molecule has 1 aromatic heterocycles. The largest absolute Gasteiger partial charge is 0.399 e. The summed E-state index contributed by atoms with van der Waals surface area (Å²) in [7, 11) is -3.41. The van der Waals surface area contributed by atoms with Gasteiger partial charge in [-0.05, 0) is 31.5 Å². The van der Waals surface area contributed by atoms with Crippen LogP contribution in [0.1, 0.15) is 29.2 Å². The molecule has 1 heterocycles.